The molecule has 1 aromatic carbocycles. The number of ether oxygens (including phenoxy) is 1. The fraction of sp³-hybridized carbons (Fsp3) is 0.474. The Morgan fingerprint density at radius 3 is 2.73 bits per heavy atom. The van der Waals surface area contributed by atoms with E-state index in [4.69, 9.17) is 16.3 Å². The minimum atomic E-state index is -0.234. The lowest BCUT2D eigenvalue weighted by Gasteiger charge is -2.26. The summed E-state index contributed by atoms with van der Waals surface area (Å²) in [5.74, 6) is 0.0455. The molecule has 7 heteroatoms. The molecule has 1 saturated heterocycles. The third-order valence-corrected chi connectivity index (χ3v) is 5.23. The lowest BCUT2D eigenvalue weighted by Crippen LogP contribution is -2.42. The molecule has 0 spiro atoms. The number of methoxy groups -OCH3 is 1. The zero-order valence-corrected chi connectivity index (χ0v) is 16.0. The average molecular weight is 377 g/mol. The molecule has 0 saturated carbocycles. The van der Waals surface area contributed by atoms with Crippen molar-refractivity contribution in [3.63, 3.8) is 0 Å². The summed E-state index contributed by atoms with van der Waals surface area (Å²) >= 11 is 5.96. The van der Waals surface area contributed by atoms with Gasteiger partial charge in [0.05, 0.1) is 18.2 Å². The van der Waals surface area contributed by atoms with Crippen LogP contribution in [-0.2, 0) is 16.6 Å². The first-order valence-corrected chi connectivity index (χ1v) is 9.15. The molecule has 0 bridgehead atoms. The zero-order chi connectivity index (χ0) is 18.7. The van der Waals surface area contributed by atoms with Crippen LogP contribution in [-0.4, -0.2) is 41.9 Å². The Kier molecular flexibility index (Phi) is 5.96. The Morgan fingerprint density at radius 1 is 1.38 bits per heavy atom. The smallest absolute Gasteiger partial charge is 0.225 e. The number of hydrogen-bond acceptors (Lipinski definition) is 4. The molecule has 3 rings (SSSR count). The van der Waals surface area contributed by atoms with E-state index in [1.54, 1.807) is 11.8 Å². The zero-order valence-electron chi connectivity index (χ0n) is 15.3. The highest BCUT2D eigenvalue weighted by molar-refractivity contribution is 6.30. The maximum absolute atomic E-state index is 12.9. The minimum absolute atomic E-state index is 0.0346. The molecular formula is C19H25ClN4O2. The highest BCUT2D eigenvalue weighted by Gasteiger charge is 2.36. The Labute approximate surface area is 158 Å². The van der Waals surface area contributed by atoms with Crippen LogP contribution < -0.4 is 10.6 Å². The third-order valence-electron chi connectivity index (χ3n) is 4.98. The highest BCUT2D eigenvalue weighted by Crippen LogP contribution is 2.29. The second-order valence-electron chi connectivity index (χ2n) is 6.82. The van der Waals surface area contributed by atoms with Gasteiger partial charge in [-0.15, -0.1) is 0 Å². The summed E-state index contributed by atoms with van der Waals surface area (Å²) in [6, 6.07) is 7.35. The molecule has 6 nitrogen and oxygen atoms in total. The summed E-state index contributed by atoms with van der Waals surface area (Å²) in [5.41, 5.74) is 2.07. The van der Waals surface area contributed by atoms with Crippen LogP contribution in [0.3, 0.4) is 0 Å². The lowest BCUT2D eigenvalue weighted by molar-refractivity contribution is -0.126. The number of amides is 1. The summed E-state index contributed by atoms with van der Waals surface area (Å²) in [6.07, 6.45) is 3.59. The summed E-state index contributed by atoms with van der Waals surface area (Å²) in [6.45, 7) is 3.40. The fourth-order valence-electron chi connectivity index (χ4n) is 3.62. The van der Waals surface area contributed by atoms with Crippen molar-refractivity contribution in [2.24, 2.45) is 13.0 Å². The molecule has 2 unspecified atom stereocenters. The van der Waals surface area contributed by atoms with Gasteiger partial charge in [-0.3, -0.25) is 9.48 Å². The van der Waals surface area contributed by atoms with Crippen molar-refractivity contribution in [2.75, 3.05) is 20.2 Å². The Bertz CT molecular complexity index is 746. The van der Waals surface area contributed by atoms with Crippen LogP contribution in [0.15, 0.2) is 36.7 Å². The van der Waals surface area contributed by atoms with Crippen molar-refractivity contribution >= 4 is 17.5 Å². The molecule has 140 valence electrons. The molecule has 4 atom stereocenters. The van der Waals surface area contributed by atoms with Crippen LogP contribution in [0.1, 0.15) is 30.1 Å². The van der Waals surface area contributed by atoms with E-state index in [-0.39, 0.29) is 29.9 Å². The molecule has 1 aliphatic heterocycles. The summed E-state index contributed by atoms with van der Waals surface area (Å²) in [4.78, 5) is 12.9. The number of halogens is 1. The van der Waals surface area contributed by atoms with Crippen molar-refractivity contribution in [3.05, 3.63) is 52.8 Å². The standard InChI is InChI=1S/C19H25ClN4O2/c1-12(18(26-3)13-4-6-15(20)7-5-13)23-19(25)17-10-21-9-16(17)14-8-22-24(2)11-14/h4-8,11-12,16-18,21H,9-10H2,1-3H3,(H,23,25)/t12?,16-,17+,18?/m1/s1. The first-order valence-electron chi connectivity index (χ1n) is 8.77. The number of benzene rings is 1. The molecule has 1 aromatic heterocycles. The molecule has 1 amide bonds. The number of rotatable bonds is 6. The number of carbonyl (C=O) groups is 1. The summed E-state index contributed by atoms with van der Waals surface area (Å²) in [7, 11) is 3.54. The van der Waals surface area contributed by atoms with Crippen LogP contribution >= 0.6 is 11.6 Å². The molecule has 2 N–H and O–H groups in total. The largest absolute Gasteiger partial charge is 0.375 e. The van der Waals surface area contributed by atoms with Gasteiger partial charge in [0.25, 0.3) is 0 Å². The number of aryl methyl sites for hydroxylation is 1. The second kappa shape index (κ2) is 8.20. The Hall–Kier alpha value is -1.89. The molecule has 1 fully saturated rings. The van der Waals surface area contributed by atoms with Crippen LogP contribution in [0, 0.1) is 5.92 Å². The average Bonchev–Trinajstić information content (AvgIpc) is 3.25. The Balaban J connectivity index is 1.68. The number of carbonyl (C=O) groups excluding carboxylic acids is 1. The van der Waals surface area contributed by atoms with E-state index in [2.05, 4.69) is 15.7 Å². The monoisotopic (exact) mass is 376 g/mol. The molecule has 2 heterocycles. The molecule has 0 aliphatic carbocycles. The van der Waals surface area contributed by atoms with E-state index < -0.39 is 0 Å². The van der Waals surface area contributed by atoms with E-state index in [0.717, 1.165) is 17.7 Å². The van der Waals surface area contributed by atoms with Gasteiger partial charge in [-0.1, -0.05) is 23.7 Å². The molecule has 26 heavy (non-hydrogen) atoms. The highest BCUT2D eigenvalue weighted by atomic mass is 35.5. The number of aromatic nitrogens is 2. The van der Waals surface area contributed by atoms with E-state index >= 15 is 0 Å². The molecule has 1 aliphatic rings. The van der Waals surface area contributed by atoms with Crippen LogP contribution in [0.2, 0.25) is 5.02 Å². The van der Waals surface area contributed by atoms with Crippen molar-refractivity contribution in [3.8, 4) is 0 Å². The fourth-order valence-corrected chi connectivity index (χ4v) is 3.75. The van der Waals surface area contributed by atoms with Gasteiger partial charge in [0, 0.05) is 44.4 Å². The van der Waals surface area contributed by atoms with Crippen molar-refractivity contribution < 1.29 is 9.53 Å². The maximum Gasteiger partial charge on any atom is 0.225 e. The van der Waals surface area contributed by atoms with Gasteiger partial charge in [-0.2, -0.15) is 5.10 Å². The maximum atomic E-state index is 12.9. The summed E-state index contributed by atoms with van der Waals surface area (Å²) < 4.78 is 7.40. The molecule has 2 aromatic rings. The van der Waals surface area contributed by atoms with Crippen LogP contribution in [0.4, 0.5) is 0 Å². The second-order valence-corrected chi connectivity index (χ2v) is 7.26. The van der Waals surface area contributed by atoms with E-state index in [1.165, 1.54) is 0 Å². The Morgan fingerprint density at radius 2 is 2.12 bits per heavy atom. The van der Waals surface area contributed by atoms with E-state index in [0.29, 0.717) is 11.6 Å². The predicted octanol–water partition coefficient (Wildman–Crippen LogP) is 2.27. The van der Waals surface area contributed by atoms with Gasteiger partial charge < -0.3 is 15.4 Å². The first kappa shape index (κ1) is 18.9. The normalized spacial score (nSPS) is 22.2. The van der Waals surface area contributed by atoms with Gasteiger partial charge >= 0.3 is 0 Å². The number of nitrogens with zero attached hydrogens (tertiary/aromatic N) is 2. The SMILES string of the molecule is COC(c1ccc(Cl)cc1)C(C)NC(=O)[C@H]1CNC[C@@H]1c1cnn(C)c1. The van der Waals surface area contributed by atoms with Gasteiger partial charge in [-0.05, 0) is 30.2 Å². The van der Waals surface area contributed by atoms with Crippen LogP contribution in [0.5, 0.6) is 0 Å². The lowest BCUT2D eigenvalue weighted by atomic mass is 9.90. The first-order chi connectivity index (χ1) is 12.5. The van der Waals surface area contributed by atoms with Gasteiger partial charge in [0.1, 0.15) is 6.10 Å². The minimum Gasteiger partial charge on any atom is -0.375 e. The number of hydrogen-bond donors (Lipinski definition) is 2. The predicted molar refractivity (Wildman–Crippen MR) is 101 cm³/mol. The van der Waals surface area contributed by atoms with Crippen molar-refractivity contribution in [2.45, 2.75) is 25.0 Å². The van der Waals surface area contributed by atoms with E-state index in [9.17, 15) is 4.79 Å². The quantitative estimate of drug-likeness (QED) is 0.811. The van der Waals surface area contributed by atoms with Crippen molar-refractivity contribution in [1.29, 1.82) is 0 Å². The van der Waals surface area contributed by atoms with Gasteiger partial charge in [-0.25, -0.2) is 0 Å². The molecule has 0 radical (unpaired) electrons. The molecular weight excluding hydrogens is 352 g/mol. The third kappa shape index (κ3) is 4.09. The van der Waals surface area contributed by atoms with E-state index in [1.807, 2.05) is 50.6 Å². The summed E-state index contributed by atoms with van der Waals surface area (Å²) in [5, 5.41) is 11.4. The van der Waals surface area contributed by atoms with Gasteiger partial charge in [0.15, 0.2) is 0 Å². The van der Waals surface area contributed by atoms with Crippen molar-refractivity contribution in [1.82, 2.24) is 20.4 Å². The van der Waals surface area contributed by atoms with Gasteiger partial charge in [0.2, 0.25) is 5.91 Å². The van der Waals surface area contributed by atoms with Crippen LogP contribution in [0.25, 0.3) is 0 Å². The topological polar surface area (TPSA) is 68.2 Å². The number of nitrogens with one attached hydrogen (secondary N) is 2.